The van der Waals surface area contributed by atoms with Gasteiger partial charge >= 0.3 is 0 Å². The summed E-state index contributed by atoms with van der Waals surface area (Å²) in [6.45, 7) is 2.68. The molecular weight excluding hydrogens is 241 g/mol. The fraction of sp³-hybridized carbons (Fsp3) is 0.562. The van der Waals surface area contributed by atoms with Gasteiger partial charge in [0.05, 0.1) is 0 Å². The maximum absolute atomic E-state index is 12.7. The van der Waals surface area contributed by atoms with Crippen LogP contribution in [0.15, 0.2) is 24.3 Å². The van der Waals surface area contributed by atoms with Gasteiger partial charge in [-0.25, -0.2) is 4.39 Å². The van der Waals surface area contributed by atoms with Crippen LogP contribution >= 0.6 is 0 Å². The number of halogens is 1. The number of amides is 1. The van der Waals surface area contributed by atoms with Gasteiger partial charge in [-0.05, 0) is 24.1 Å². The maximum atomic E-state index is 12.7. The van der Waals surface area contributed by atoms with E-state index in [0.717, 1.165) is 18.4 Å². The summed E-state index contributed by atoms with van der Waals surface area (Å²) in [5.74, 6) is -0.165. The van der Waals surface area contributed by atoms with E-state index in [1.807, 2.05) is 0 Å². The van der Waals surface area contributed by atoms with Crippen molar-refractivity contribution in [2.24, 2.45) is 0 Å². The molecule has 19 heavy (non-hydrogen) atoms. The molecule has 3 heteroatoms. The molecule has 2 nitrogen and oxygen atoms in total. The first-order valence-corrected chi connectivity index (χ1v) is 7.23. The van der Waals surface area contributed by atoms with E-state index in [1.54, 1.807) is 12.1 Å². The van der Waals surface area contributed by atoms with Gasteiger partial charge in [0.1, 0.15) is 5.82 Å². The zero-order valence-corrected chi connectivity index (χ0v) is 11.8. The Bertz CT molecular complexity index is 362. The molecule has 0 fully saturated rings. The van der Waals surface area contributed by atoms with Crippen LogP contribution in [0.25, 0.3) is 0 Å². The van der Waals surface area contributed by atoms with Crippen LogP contribution in [0.1, 0.15) is 57.4 Å². The Morgan fingerprint density at radius 3 is 2.37 bits per heavy atom. The number of carbonyl (C=O) groups is 1. The van der Waals surface area contributed by atoms with Gasteiger partial charge in [0.15, 0.2) is 0 Å². The molecule has 0 bridgehead atoms. The van der Waals surface area contributed by atoms with E-state index >= 15 is 0 Å². The van der Waals surface area contributed by atoms with Crippen molar-refractivity contribution < 1.29 is 9.18 Å². The van der Waals surface area contributed by atoms with Crippen molar-refractivity contribution in [3.05, 3.63) is 35.6 Å². The van der Waals surface area contributed by atoms with Crippen LogP contribution in [0.5, 0.6) is 0 Å². The zero-order valence-electron chi connectivity index (χ0n) is 11.8. The largest absolute Gasteiger partial charge is 0.352 e. The van der Waals surface area contributed by atoms with Crippen LogP contribution in [0.3, 0.4) is 0 Å². The van der Waals surface area contributed by atoms with E-state index in [0.29, 0.717) is 13.0 Å². The van der Waals surface area contributed by atoms with Crippen LogP contribution in [-0.4, -0.2) is 5.91 Å². The molecule has 0 saturated carbocycles. The lowest BCUT2D eigenvalue weighted by Crippen LogP contribution is -2.22. The molecule has 0 aliphatic carbocycles. The second kappa shape index (κ2) is 9.54. The van der Waals surface area contributed by atoms with Gasteiger partial charge in [0.2, 0.25) is 5.91 Å². The fourth-order valence-corrected chi connectivity index (χ4v) is 1.96. The number of hydrogen-bond acceptors (Lipinski definition) is 1. The number of benzene rings is 1. The summed E-state index contributed by atoms with van der Waals surface area (Å²) >= 11 is 0. The molecule has 0 aromatic heterocycles. The summed E-state index contributed by atoms with van der Waals surface area (Å²) in [6.07, 6.45) is 7.71. The van der Waals surface area contributed by atoms with Crippen LogP contribution in [-0.2, 0) is 11.3 Å². The second-order valence-electron chi connectivity index (χ2n) is 4.92. The minimum Gasteiger partial charge on any atom is -0.352 e. The van der Waals surface area contributed by atoms with Gasteiger partial charge in [-0.2, -0.15) is 0 Å². The SMILES string of the molecule is CCCCCCCCC(=O)NCc1ccc(F)cc1. The molecule has 0 spiro atoms. The molecular formula is C16H24FNO. The highest BCUT2D eigenvalue weighted by Crippen LogP contribution is 2.07. The number of nitrogens with one attached hydrogen (secondary N) is 1. The molecule has 1 N–H and O–H groups in total. The Morgan fingerprint density at radius 2 is 1.68 bits per heavy atom. The monoisotopic (exact) mass is 265 g/mol. The predicted molar refractivity (Wildman–Crippen MR) is 76.2 cm³/mol. The first kappa shape index (κ1) is 15.7. The highest BCUT2D eigenvalue weighted by Gasteiger charge is 2.01. The van der Waals surface area contributed by atoms with Gasteiger partial charge in [-0.15, -0.1) is 0 Å². The van der Waals surface area contributed by atoms with Crippen molar-refractivity contribution in [3.8, 4) is 0 Å². The van der Waals surface area contributed by atoms with E-state index in [-0.39, 0.29) is 11.7 Å². The third-order valence-corrected chi connectivity index (χ3v) is 3.16. The van der Waals surface area contributed by atoms with Crippen LogP contribution in [0.4, 0.5) is 4.39 Å². The molecule has 1 rings (SSSR count). The van der Waals surface area contributed by atoms with Gasteiger partial charge < -0.3 is 5.32 Å². The second-order valence-corrected chi connectivity index (χ2v) is 4.92. The van der Waals surface area contributed by atoms with Crippen molar-refractivity contribution in [1.29, 1.82) is 0 Å². The van der Waals surface area contributed by atoms with Gasteiger partial charge in [-0.3, -0.25) is 4.79 Å². The molecule has 0 radical (unpaired) electrons. The number of hydrogen-bond donors (Lipinski definition) is 1. The third kappa shape index (κ3) is 7.60. The molecule has 0 aliphatic heterocycles. The zero-order chi connectivity index (χ0) is 13.9. The fourth-order valence-electron chi connectivity index (χ4n) is 1.96. The molecule has 0 atom stereocenters. The quantitative estimate of drug-likeness (QED) is 0.666. The van der Waals surface area contributed by atoms with E-state index < -0.39 is 0 Å². The number of unbranched alkanes of at least 4 members (excludes halogenated alkanes) is 5. The highest BCUT2D eigenvalue weighted by atomic mass is 19.1. The molecule has 1 amide bonds. The number of rotatable bonds is 9. The normalized spacial score (nSPS) is 10.4. The summed E-state index contributed by atoms with van der Waals surface area (Å²) in [4.78, 5) is 11.6. The Balaban J connectivity index is 2.06. The lowest BCUT2D eigenvalue weighted by atomic mass is 10.1. The standard InChI is InChI=1S/C16H24FNO/c1-2-3-4-5-6-7-8-16(19)18-13-14-9-11-15(17)12-10-14/h9-12H,2-8,13H2,1H3,(H,18,19). The van der Waals surface area contributed by atoms with Gasteiger partial charge in [0.25, 0.3) is 0 Å². The lowest BCUT2D eigenvalue weighted by Gasteiger charge is -2.05. The summed E-state index contributed by atoms with van der Waals surface area (Å²) in [5, 5.41) is 2.86. The predicted octanol–water partition coefficient (Wildman–Crippen LogP) is 4.19. The minimum absolute atomic E-state index is 0.0832. The van der Waals surface area contributed by atoms with E-state index in [2.05, 4.69) is 12.2 Å². The summed E-state index contributed by atoms with van der Waals surface area (Å²) in [5.41, 5.74) is 0.928. The molecule has 0 aliphatic rings. The molecule has 0 heterocycles. The van der Waals surface area contributed by atoms with Crippen molar-refractivity contribution in [1.82, 2.24) is 5.32 Å². The highest BCUT2D eigenvalue weighted by molar-refractivity contribution is 5.75. The summed E-state index contributed by atoms with van der Waals surface area (Å²) in [7, 11) is 0. The third-order valence-electron chi connectivity index (χ3n) is 3.16. The van der Waals surface area contributed by atoms with Crippen LogP contribution < -0.4 is 5.32 Å². The molecule has 1 aromatic carbocycles. The van der Waals surface area contributed by atoms with Gasteiger partial charge in [-0.1, -0.05) is 51.2 Å². The smallest absolute Gasteiger partial charge is 0.220 e. The van der Waals surface area contributed by atoms with Crippen molar-refractivity contribution in [3.63, 3.8) is 0 Å². The average molecular weight is 265 g/mol. The van der Waals surface area contributed by atoms with Crippen LogP contribution in [0.2, 0.25) is 0 Å². The van der Waals surface area contributed by atoms with E-state index in [1.165, 1.54) is 37.8 Å². The summed E-state index contributed by atoms with van der Waals surface area (Å²) < 4.78 is 12.7. The lowest BCUT2D eigenvalue weighted by molar-refractivity contribution is -0.121. The van der Waals surface area contributed by atoms with E-state index in [9.17, 15) is 9.18 Å². The maximum Gasteiger partial charge on any atom is 0.220 e. The first-order valence-electron chi connectivity index (χ1n) is 7.23. The molecule has 0 unspecified atom stereocenters. The topological polar surface area (TPSA) is 29.1 Å². The molecule has 0 saturated heterocycles. The molecule has 1 aromatic rings. The Morgan fingerprint density at radius 1 is 1.05 bits per heavy atom. The number of carbonyl (C=O) groups excluding carboxylic acids is 1. The Kier molecular flexibility index (Phi) is 7.87. The first-order chi connectivity index (χ1) is 9.22. The van der Waals surface area contributed by atoms with Crippen LogP contribution in [0, 0.1) is 5.82 Å². The van der Waals surface area contributed by atoms with Gasteiger partial charge in [0, 0.05) is 13.0 Å². The minimum atomic E-state index is -0.248. The summed E-state index contributed by atoms with van der Waals surface area (Å²) in [6, 6.07) is 6.21. The van der Waals surface area contributed by atoms with E-state index in [4.69, 9.17) is 0 Å². The van der Waals surface area contributed by atoms with Crippen molar-refractivity contribution >= 4 is 5.91 Å². The molecule has 106 valence electrons. The van der Waals surface area contributed by atoms with Crippen molar-refractivity contribution in [2.75, 3.05) is 0 Å². The Labute approximate surface area is 115 Å². The Hall–Kier alpha value is -1.38. The average Bonchev–Trinajstić information content (AvgIpc) is 2.42. The van der Waals surface area contributed by atoms with Crippen molar-refractivity contribution in [2.45, 2.75) is 58.4 Å².